The maximum Gasteiger partial charge on any atom is 0.263 e. The molecular formula is C15H22Cl2N4O2S. The van der Waals surface area contributed by atoms with E-state index in [2.05, 4.69) is 20.5 Å². The maximum atomic E-state index is 12.1. The number of thiazole rings is 1. The Bertz CT molecular complexity index is 600. The van der Waals surface area contributed by atoms with Crippen molar-refractivity contribution < 1.29 is 9.21 Å². The van der Waals surface area contributed by atoms with Crippen molar-refractivity contribution in [3.05, 3.63) is 29.5 Å². The Balaban J connectivity index is 0.00000144. The maximum absolute atomic E-state index is 12.1. The molecule has 0 radical (unpaired) electrons. The van der Waals surface area contributed by atoms with Crippen LogP contribution in [0.4, 0.5) is 0 Å². The topological polar surface area (TPSA) is 70.4 Å². The first-order valence-electron chi connectivity index (χ1n) is 7.54. The van der Waals surface area contributed by atoms with Crippen LogP contribution in [0.5, 0.6) is 0 Å². The number of rotatable bonds is 6. The molecule has 0 saturated carbocycles. The molecule has 0 atom stereocenters. The second-order valence-corrected chi connectivity index (χ2v) is 6.24. The third-order valence-electron chi connectivity index (χ3n) is 3.61. The van der Waals surface area contributed by atoms with Gasteiger partial charge in [-0.15, -0.1) is 36.2 Å². The van der Waals surface area contributed by atoms with E-state index in [1.807, 2.05) is 12.1 Å². The third-order valence-corrected chi connectivity index (χ3v) is 4.62. The second kappa shape index (κ2) is 10.7. The molecule has 24 heavy (non-hydrogen) atoms. The molecule has 0 aromatic carbocycles. The quantitative estimate of drug-likeness (QED) is 0.737. The molecule has 6 nitrogen and oxygen atoms in total. The summed E-state index contributed by atoms with van der Waals surface area (Å²) < 4.78 is 5.28. The number of hydrogen-bond acceptors (Lipinski definition) is 6. The highest BCUT2D eigenvalue weighted by Crippen LogP contribution is 2.25. The summed E-state index contributed by atoms with van der Waals surface area (Å²) in [6, 6.07) is 3.65. The first-order valence-corrected chi connectivity index (χ1v) is 8.35. The molecule has 3 heterocycles. The normalized spacial score (nSPS) is 14.5. The van der Waals surface area contributed by atoms with Gasteiger partial charge < -0.3 is 20.0 Å². The number of aromatic nitrogens is 1. The number of nitrogens with one attached hydrogen (secondary N) is 2. The fourth-order valence-corrected chi connectivity index (χ4v) is 3.22. The molecule has 0 unspecified atom stereocenters. The highest BCUT2D eigenvalue weighted by Gasteiger charge is 2.13. The molecular weight excluding hydrogens is 371 g/mol. The minimum Gasteiger partial charge on any atom is -0.462 e. The molecule has 1 aliphatic heterocycles. The van der Waals surface area contributed by atoms with Crippen LogP contribution in [0.3, 0.4) is 0 Å². The van der Waals surface area contributed by atoms with E-state index in [4.69, 9.17) is 4.42 Å². The Morgan fingerprint density at radius 1 is 1.38 bits per heavy atom. The van der Waals surface area contributed by atoms with Gasteiger partial charge in [-0.05, 0) is 25.1 Å². The van der Waals surface area contributed by atoms with Gasteiger partial charge >= 0.3 is 0 Å². The SMILES string of the molecule is Cl.Cl.O=C(NCCCN1CCNCC1)c1cnc(-c2ccco2)s1. The van der Waals surface area contributed by atoms with Crippen molar-refractivity contribution >= 4 is 42.1 Å². The lowest BCUT2D eigenvalue weighted by Gasteiger charge is -2.26. The molecule has 2 aromatic rings. The summed E-state index contributed by atoms with van der Waals surface area (Å²) in [6.07, 6.45) is 4.18. The van der Waals surface area contributed by atoms with E-state index >= 15 is 0 Å². The Morgan fingerprint density at radius 2 is 2.17 bits per heavy atom. The highest BCUT2D eigenvalue weighted by molar-refractivity contribution is 7.16. The molecule has 0 spiro atoms. The lowest BCUT2D eigenvalue weighted by Crippen LogP contribution is -2.44. The lowest BCUT2D eigenvalue weighted by molar-refractivity contribution is 0.0955. The van der Waals surface area contributed by atoms with Crippen LogP contribution < -0.4 is 10.6 Å². The van der Waals surface area contributed by atoms with Gasteiger partial charge in [-0.3, -0.25) is 4.79 Å². The zero-order valence-electron chi connectivity index (χ0n) is 13.2. The molecule has 2 aromatic heterocycles. The highest BCUT2D eigenvalue weighted by atomic mass is 35.5. The fraction of sp³-hybridized carbons (Fsp3) is 0.467. The number of hydrogen-bond donors (Lipinski definition) is 2. The predicted octanol–water partition coefficient (Wildman–Crippen LogP) is 2.27. The van der Waals surface area contributed by atoms with E-state index in [-0.39, 0.29) is 30.7 Å². The Hall–Kier alpha value is -1.12. The summed E-state index contributed by atoms with van der Waals surface area (Å²) in [7, 11) is 0. The van der Waals surface area contributed by atoms with Crippen LogP contribution in [0.15, 0.2) is 29.0 Å². The molecule has 1 amide bonds. The molecule has 2 N–H and O–H groups in total. The number of carbonyl (C=O) groups excluding carboxylic acids is 1. The smallest absolute Gasteiger partial charge is 0.263 e. The number of piperazine rings is 1. The molecule has 0 aliphatic carbocycles. The van der Waals surface area contributed by atoms with Crippen LogP contribution in [0.1, 0.15) is 16.1 Å². The van der Waals surface area contributed by atoms with Crippen LogP contribution in [0.25, 0.3) is 10.8 Å². The van der Waals surface area contributed by atoms with E-state index < -0.39 is 0 Å². The van der Waals surface area contributed by atoms with Gasteiger partial charge in [-0.2, -0.15) is 0 Å². The molecule has 1 saturated heterocycles. The van der Waals surface area contributed by atoms with E-state index in [0.717, 1.165) is 44.2 Å². The van der Waals surface area contributed by atoms with Gasteiger partial charge in [-0.25, -0.2) is 4.98 Å². The first-order chi connectivity index (χ1) is 10.8. The molecule has 1 aliphatic rings. The van der Waals surface area contributed by atoms with Crippen LogP contribution in [0.2, 0.25) is 0 Å². The summed E-state index contributed by atoms with van der Waals surface area (Å²) in [6.45, 7) is 6.02. The monoisotopic (exact) mass is 392 g/mol. The summed E-state index contributed by atoms with van der Waals surface area (Å²) in [5, 5.41) is 7.02. The second-order valence-electron chi connectivity index (χ2n) is 5.21. The van der Waals surface area contributed by atoms with Gasteiger partial charge in [0, 0.05) is 32.7 Å². The average Bonchev–Trinajstić information content (AvgIpc) is 3.22. The first kappa shape index (κ1) is 20.9. The van der Waals surface area contributed by atoms with Crippen LogP contribution in [0, 0.1) is 0 Å². The minimum absolute atomic E-state index is 0. The lowest BCUT2D eigenvalue weighted by atomic mass is 10.3. The minimum atomic E-state index is -0.0596. The van der Waals surface area contributed by atoms with Gasteiger partial charge in [0.15, 0.2) is 10.8 Å². The van der Waals surface area contributed by atoms with E-state index in [1.165, 1.54) is 11.3 Å². The predicted molar refractivity (Wildman–Crippen MR) is 101 cm³/mol. The van der Waals surface area contributed by atoms with Crippen molar-refractivity contribution in [2.24, 2.45) is 0 Å². The summed E-state index contributed by atoms with van der Waals surface area (Å²) in [5.74, 6) is 0.637. The van der Waals surface area contributed by atoms with E-state index in [1.54, 1.807) is 12.5 Å². The Kier molecular flexibility index (Phi) is 9.31. The molecule has 0 bridgehead atoms. The number of furan rings is 1. The number of halogens is 2. The van der Waals surface area contributed by atoms with Crippen molar-refractivity contribution in [2.45, 2.75) is 6.42 Å². The van der Waals surface area contributed by atoms with Gasteiger partial charge in [0.25, 0.3) is 5.91 Å². The number of carbonyl (C=O) groups is 1. The van der Waals surface area contributed by atoms with Crippen molar-refractivity contribution in [1.29, 1.82) is 0 Å². The Morgan fingerprint density at radius 3 is 2.88 bits per heavy atom. The number of amides is 1. The largest absolute Gasteiger partial charge is 0.462 e. The van der Waals surface area contributed by atoms with Crippen molar-refractivity contribution in [1.82, 2.24) is 20.5 Å². The van der Waals surface area contributed by atoms with Gasteiger partial charge in [0.05, 0.1) is 12.5 Å². The summed E-state index contributed by atoms with van der Waals surface area (Å²) in [4.78, 5) is 19.4. The van der Waals surface area contributed by atoms with Crippen LogP contribution >= 0.6 is 36.2 Å². The van der Waals surface area contributed by atoms with Gasteiger partial charge in [-0.1, -0.05) is 0 Å². The van der Waals surface area contributed by atoms with Crippen LogP contribution in [-0.4, -0.2) is 55.1 Å². The van der Waals surface area contributed by atoms with Crippen molar-refractivity contribution in [2.75, 3.05) is 39.3 Å². The van der Waals surface area contributed by atoms with Gasteiger partial charge in [0.2, 0.25) is 0 Å². The molecule has 1 fully saturated rings. The zero-order chi connectivity index (χ0) is 15.2. The van der Waals surface area contributed by atoms with E-state index in [9.17, 15) is 4.79 Å². The zero-order valence-corrected chi connectivity index (χ0v) is 15.6. The number of nitrogens with zero attached hydrogens (tertiary/aromatic N) is 2. The summed E-state index contributed by atoms with van der Waals surface area (Å²) in [5.41, 5.74) is 0. The molecule has 134 valence electrons. The standard InChI is InChI=1S/C15H20N4O2S.2ClH/c20-14(17-4-2-7-19-8-5-16-6-9-19)13-11-18-15(22-13)12-3-1-10-21-12;;/h1,3,10-11,16H,2,4-9H2,(H,17,20);2*1H. The molecule has 9 heteroatoms. The third kappa shape index (κ3) is 5.75. The fourth-order valence-electron chi connectivity index (χ4n) is 2.42. The van der Waals surface area contributed by atoms with Crippen LogP contribution in [-0.2, 0) is 0 Å². The van der Waals surface area contributed by atoms with E-state index in [0.29, 0.717) is 17.2 Å². The average molecular weight is 393 g/mol. The summed E-state index contributed by atoms with van der Waals surface area (Å²) >= 11 is 1.35. The van der Waals surface area contributed by atoms with Gasteiger partial charge in [0.1, 0.15) is 4.88 Å². The van der Waals surface area contributed by atoms with Crippen molar-refractivity contribution in [3.8, 4) is 10.8 Å². The molecule has 3 rings (SSSR count). The Labute approximate surface area is 157 Å². The van der Waals surface area contributed by atoms with Crippen molar-refractivity contribution in [3.63, 3.8) is 0 Å².